The minimum atomic E-state index is -4.40. The van der Waals surface area contributed by atoms with Gasteiger partial charge in [0, 0.05) is 12.8 Å². The van der Waals surface area contributed by atoms with Gasteiger partial charge < -0.3 is 18.9 Å². The molecule has 0 aliphatic carbocycles. The lowest BCUT2D eigenvalue weighted by atomic mass is 10.0. The Hall–Kier alpha value is -4.11. The lowest BCUT2D eigenvalue weighted by Crippen LogP contribution is -2.37. The molecule has 0 spiro atoms. The van der Waals surface area contributed by atoms with Crippen LogP contribution in [-0.4, -0.2) is 74.9 Å². The van der Waals surface area contributed by atoms with Gasteiger partial charge in [-0.05, 0) is 116 Å². The van der Waals surface area contributed by atoms with Crippen LogP contribution in [0.1, 0.15) is 245 Å². The van der Waals surface area contributed by atoms with E-state index < -0.39 is 26.5 Å². The van der Waals surface area contributed by atoms with Crippen molar-refractivity contribution in [3.05, 3.63) is 146 Å². The number of ether oxygens (including phenoxy) is 2. The molecule has 0 heterocycles. The predicted molar refractivity (Wildman–Crippen MR) is 353 cm³/mol. The van der Waals surface area contributed by atoms with Crippen molar-refractivity contribution in [2.24, 2.45) is 0 Å². The van der Waals surface area contributed by atoms with Crippen LogP contribution in [0.2, 0.25) is 0 Å². The van der Waals surface area contributed by atoms with E-state index in [0.717, 1.165) is 135 Å². The second-order valence-electron chi connectivity index (χ2n) is 22.4. The maximum atomic E-state index is 12.9. The Morgan fingerprint density at radius 2 is 0.659 bits per heavy atom. The Bertz CT molecular complexity index is 1890. The fourth-order valence-corrected chi connectivity index (χ4v) is 9.18. The molecule has 0 aromatic carbocycles. The Morgan fingerprint density at radius 3 is 0.976 bits per heavy atom. The summed E-state index contributed by atoms with van der Waals surface area (Å²) in [5.41, 5.74) is 0. The number of likely N-dealkylation sites (N-methyl/N-ethyl adjacent to an activating group) is 1. The summed E-state index contributed by atoms with van der Waals surface area (Å²) in [4.78, 5) is 35.8. The largest absolute Gasteiger partial charge is 0.472 e. The van der Waals surface area contributed by atoms with E-state index >= 15 is 0 Å². The van der Waals surface area contributed by atoms with Crippen LogP contribution < -0.4 is 0 Å². The van der Waals surface area contributed by atoms with Crippen molar-refractivity contribution in [2.75, 3.05) is 47.5 Å². The molecule has 466 valence electrons. The van der Waals surface area contributed by atoms with Crippen molar-refractivity contribution < 1.29 is 42.1 Å². The highest BCUT2D eigenvalue weighted by Crippen LogP contribution is 2.43. The van der Waals surface area contributed by atoms with E-state index in [1.54, 1.807) is 0 Å². The number of nitrogens with zero attached hydrogens (tertiary/aromatic N) is 1. The van der Waals surface area contributed by atoms with Gasteiger partial charge in [-0.1, -0.05) is 262 Å². The molecule has 1 N–H and O–H groups in total. The van der Waals surface area contributed by atoms with Gasteiger partial charge >= 0.3 is 19.8 Å². The third-order valence-electron chi connectivity index (χ3n) is 13.4. The van der Waals surface area contributed by atoms with Gasteiger partial charge in [-0.15, -0.1) is 0 Å². The molecule has 0 aliphatic heterocycles. The molecule has 2 atom stereocenters. The highest BCUT2D eigenvalue weighted by molar-refractivity contribution is 7.47. The maximum Gasteiger partial charge on any atom is 0.472 e. The van der Waals surface area contributed by atoms with E-state index in [1.165, 1.54) is 77.0 Å². The summed E-state index contributed by atoms with van der Waals surface area (Å²) in [5.74, 6) is -0.814. The topological polar surface area (TPSA) is 108 Å². The first-order valence-electron chi connectivity index (χ1n) is 32.6. The summed E-state index contributed by atoms with van der Waals surface area (Å²) in [6.45, 7) is 4.19. The molecular weight excluding hydrogens is 1040 g/mol. The van der Waals surface area contributed by atoms with Crippen molar-refractivity contribution in [3.63, 3.8) is 0 Å². The zero-order chi connectivity index (χ0) is 59.8. The van der Waals surface area contributed by atoms with Gasteiger partial charge in [-0.3, -0.25) is 18.6 Å². The van der Waals surface area contributed by atoms with Crippen molar-refractivity contribution >= 4 is 19.8 Å². The third kappa shape index (κ3) is 65.0. The molecule has 2 unspecified atom stereocenters. The second kappa shape index (κ2) is 61.5. The first-order valence-corrected chi connectivity index (χ1v) is 34.1. The zero-order valence-corrected chi connectivity index (χ0v) is 53.8. The molecule has 0 bridgehead atoms. The van der Waals surface area contributed by atoms with Gasteiger partial charge in [-0.25, -0.2) is 4.57 Å². The summed E-state index contributed by atoms with van der Waals surface area (Å²) in [7, 11) is 1.45. The molecule has 0 rings (SSSR count). The standard InChI is InChI=1S/C72H120NO8P/c1-6-8-10-12-14-16-18-20-22-24-26-28-30-32-34-36-38-40-42-44-46-48-50-52-54-56-58-60-62-64-71(74)78-68-70(69-80-82(76,77)79-67-66-73(3,4)5)81-72(75)65-63-61-59-57-55-53-51-49-47-45-43-41-39-37-35-33-31-29-27-25-23-21-19-17-15-13-11-9-7-2/h8-11,14-17,20-23,26-29,32-35,38-41,70H,6-7,12-13,18-19,24-25,30-31,36-37,42-69H2,1-5H3/p+1/b10-8-,11-9-,16-14-,17-15-,22-20-,23-21-,28-26-,29-27-,34-32-,35-33-,40-38-,41-39-. The van der Waals surface area contributed by atoms with Crippen molar-refractivity contribution in [3.8, 4) is 0 Å². The maximum absolute atomic E-state index is 12.9. The molecule has 0 saturated carbocycles. The molecule has 0 aliphatic rings. The molecular formula is C72H121NO8P+. The second-order valence-corrected chi connectivity index (χ2v) is 23.8. The van der Waals surface area contributed by atoms with E-state index in [1.807, 2.05) is 21.1 Å². The van der Waals surface area contributed by atoms with Crippen molar-refractivity contribution in [2.45, 2.75) is 251 Å². The van der Waals surface area contributed by atoms with E-state index in [4.69, 9.17) is 18.5 Å². The lowest BCUT2D eigenvalue weighted by molar-refractivity contribution is -0.870. The molecule has 9 nitrogen and oxygen atoms in total. The number of hydrogen-bond donors (Lipinski definition) is 1. The van der Waals surface area contributed by atoms with Gasteiger partial charge in [0.05, 0.1) is 27.7 Å². The summed E-state index contributed by atoms with van der Waals surface area (Å²) in [5, 5.41) is 0. The van der Waals surface area contributed by atoms with Crippen LogP contribution in [0.5, 0.6) is 0 Å². The van der Waals surface area contributed by atoms with Crippen LogP contribution in [0.3, 0.4) is 0 Å². The molecule has 82 heavy (non-hydrogen) atoms. The Kier molecular flexibility index (Phi) is 58.4. The van der Waals surface area contributed by atoms with Crippen molar-refractivity contribution in [1.29, 1.82) is 0 Å². The first kappa shape index (κ1) is 77.9. The van der Waals surface area contributed by atoms with Gasteiger partial charge in [0.25, 0.3) is 0 Å². The number of quaternary nitrogens is 1. The normalized spacial score (nSPS) is 14.2. The molecule has 0 aromatic rings. The van der Waals surface area contributed by atoms with Crippen LogP contribution in [0.25, 0.3) is 0 Å². The van der Waals surface area contributed by atoms with Crippen LogP contribution >= 0.6 is 7.82 Å². The quantitative estimate of drug-likeness (QED) is 0.0211. The number of allylic oxidation sites excluding steroid dienone is 24. The molecule has 10 heteroatoms. The van der Waals surface area contributed by atoms with Crippen LogP contribution in [0, 0.1) is 0 Å². The Labute approximate surface area is 503 Å². The summed E-state index contributed by atoms with van der Waals surface area (Å²) in [6, 6.07) is 0. The molecule has 0 aromatic heterocycles. The number of phosphoric ester groups is 1. The van der Waals surface area contributed by atoms with E-state index in [-0.39, 0.29) is 32.0 Å². The smallest absolute Gasteiger partial charge is 0.462 e. The van der Waals surface area contributed by atoms with E-state index in [9.17, 15) is 19.0 Å². The number of carbonyl (C=O) groups excluding carboxylic acids is 2. The molecule has 0 amide bonds. The Balaban J connectivity index is 4.16. The molecule has 0 fully saturated rings. The predicted octanol–water partition coefficient (Wildman–Crippen LogP) is 21.0. The fraction of sp³-hybridized carbons (Fsp3) is 0.639. The minimum Gasteiger partial charge on any atom is -0.462 e. The van der Waals surface area contributed by atoms with Crippen molar-refractivity contribution in [1.82, 2.24) is 0 Å². The number of unbranched alkanes of at least 4 members (excludes halogenated alkanes) is 20. The van der Waals surface area contributed by atoms with Gasteiger partial charge in [0.2, 0.25) is 0 Å². The minimum absolute atomic E-state index is 0.0226. The first-order chi connectivity index (χ1) is 40.0. The highest BCUT2D eigenvalue weighted by atomic mass is 31.2. The summed E-state index contributed by atoms with van der Waals surface area (Å²) < 4.78 is 34.7. The summed E-state index contributed by atoms with van der Waals surface area (Å²) in [6.07, 6.45) is 90.6. The van der Waals surface area contributed by atoms with Gasteiger partial charge in [0.1, 0.15) is 19.8 Å². The third-order valence-corrected chi connectivity index (χ3v) is 14.3. The van der Waals surface area contributed by atoms with Gasteiger partial charge in [0.15, 0.2) is 6.10 Å². The van der Waals surface area contributed by atoms with E-state index in [2.05, 4.69) is 160 Å². The number of phosphoric acid groups is 1. The molecule has 0 saturated heterocycles. The number of hydrogen-bond acceptors (Lipinski definition) is 7. The zero-order valence-electron chi connectivity index (χ0n) is 52.9. The van der Waals surface area contributed by atoms with Crippen LogP contribution in [0.4, 0.5) is 0 Å². The van der Waals surface area contributed by atoms with Crippen LogP contribution in [-0.2, 0) is 32.7 Å². The lowest BCUT2D eigenvalue weighted by Gasteiger charge is -2.24. The van der Waals surface area contributed by atoms with E-state index in [0.29, 0.717) is 17.4 Å². The average Bonchev–Trinajstić information content (AvgIpc) is 3.44. The number of esters is 2. The highest BCUT2D eigenvalue weighted by Gasteiger charge is 2.27. The average molecular weight is 1160 g/mol. The van der Waals surface area contributed by atoms with Gasteiger partial charge in [-0.2, -0.15) is 0 Å². The monoisotopic (exact) mass is 1160 g/mol. The number of rotatable bonds is 58. The van der Waals surface area contributed by atoms with Crippen LogP contribution in [0.15, 0.2) is 146 Å². The SMILES string of the molecule is CC/C=C\C/C=C\C/C=C\C/C=C\C/C=C\C/C=C\CCCCCCCCCCCCC(=O)OCC(COP(=O)(O)OCC[N+](C)(C)C)OC(=O)CCCCCCCCCCCC/C=C\C/C=C\C/C=C\C/C=C\C/C=C\C/C=C\CC. The summed E-state index contributed by atoms with van der Waals surface area (Å²) >= 11 is 0. The fourth-order valence-electron chi connectivity index (χ4n) is 8.43. The molecule has 0 radical (unpaired) electrons. The number of carbonyl (C=O) groups is 2. The Morgan fingerprint density at radius 1 is 0.378 bits per heavy atom.